The highest BCUT2D eigenvalue weighted by atomic mass is 16.5. The molecule has 4 rings (SSSR count). The number of rotatable bonds is 2. The fourth-order valence-corrected chi connectivity index (χ4v) is 2.89. The number of carbonyl (C=O) groups excluding carboxylic acids is 1. The van der Waals surface area contributed by atoms with Crippen LogP contribution in [0, 0.1) is 6.92 Å². The summed E-state index contributed by atoms with van der Waals surface area (Å²) in [4.78, 5) is 12.2. The first kappa shape index (κ1) is 14.5. The number of carbonyl (C=O) groups is 1. The lowest BCUT2D eigenvalue weighted by molar-refractivity contribution is -0.130. The van der Waals surface area contributed by atoms with E-state index < -0.39 is 0 Å². The summed E-state index contributed by atoms with van der Waals surface area (Å²) in [5.41, 5.74) is 3.67. The van der Waals surface area contributed by atoms with Crippen molar-refractivity contribution < 1.29 is 9.53 Å². The summed E-state index contributed by atoms with van der Waals surface area (Å²) < 4.78 is 5.44. The molecule has 1 heterocycles. The molecule has 3 aromatic carbocycles. The zero-order chi connectivity index (χ0) is 16.5. The number of benzene rings is 3. The molecule has 0 N–H and O–H groups in total. The predicted octanol–water partition coefficient (Wildman–Crippen LogP) is 5.13. The maximum absolute atomic E-state index is 12.2. The van der Waals surface area contributed by atoms with E-state index in [-0.39, 0.29) is 5.97 Å². The Balaban J connectivity index is 1.76. The van der Waals surface area contributed by atoms with Crippen LogP contribution in [-0.2, 0) is 9.53 Å². The van der Waals surface area contributed by atoms with E-state index in [1.807, 2.05) is 67.6 Å². The highest BCUT2D eigenvalue weighted by Gasteiger charge is 2.22. The lowest BCUT2D eigenvalue weighted by atomic mass is 10.0. The summed E-state index contributed by atoms with van der Waals surface area (Å²) in [5.74, 6) is 0.296. The quantitative estimate of drug-likeness (QED) is 0.484. The summed E-state index contributed by atoms with van der Waals surface area (Å²) >= 11 is 0. The zero-order valence-corrected chi connectivity index (χ0v) is 13.3. The van der Waals surface area contributed by atoms with E-state index in [1.165, 1.54) is 5.56 Å². The van der Waals surface area contributed by atoms with Crippen LogP contribution >= 0.6 is 0 Å². The Bertz CT molecular complexity index is 987. The van der Waals surface area contributed by atoms with Crippen LogP contribution in [0.1, 0.15) is 16.7 Å². The number of cyclic esters (lactones) is 1. The maximum atomic E-state index is 12.2. The van der Waals surface area contributed by atoms with E-state index >= 15 is 0 Å². The summed E-state index contributed by atoms with van der Waals surface area (Å²) in [6.07, 6.45) is 3.71. The molecule has 0 saturated carbocycles. The Labute approximate surface area is 140 Å². The number of hydrogen-bond donors (Lipinski definition) is 0. The van der Waals surface area contributed by atoms with Crippen molar-refractivity contribution in [1.29, 1.82) is 0 Å². The molecule has 0 aliphatic carbocycles. The minimum Gasteiger partial charge on any atom is -0.422 e. The third kappa shape index (κ3) is 2.63. The van der Waals surface area contributed by atoms with Crippen LogP contribution in [-0.4, -0.2) is 5.97 Å². The van der Waals surface area contributed by atoms with E-state index in [2.05, 4.69) is 18.2 Å². The first-order valence-electron chi connectivity index (χ1n) is 7.91. The fraction of sp³-hybridized carbons (Fsp3) is 0.0455. The molecular weight excluding hydrogens is 296 g/mol. The van der Waals surface area contributed by atoms with Gasteiger partial charge in [0.2, 0.25) is 0 Å². The SMILES string of the molecule is Cc1ccc(C2=C/C(=C/c3cccc4ccccc34)C(=O)O2)cc1. The van der Waals surface area contributed by atoms with Crippen molar-refractivity contribution >= 4 is 28.6 Å². The number of esters is 1. The smallest absolute Gasteiger partial charge is 0.343 e. The van der Waals surface area contributed by atoms with E-state index in [0.29, 0.717) is 11.3 Å². The first-order valence-corrected chi connectivity index (χ1v) is 7.91. The normalized spacial score (nSPS) is 15.6. The number of ether oxygens (including phenoxy) is 1. The van der Waals surface area contributed by atoms with Gasteiger partial charge in [-0.3, -0.25) is 0 Å². The molecule has 0 aromatic heterocycles. The second kappa shape index (κ2) is 5.82. The van der Waals surface area contributed by atoms with Gasteiger partial charge in [-0.1, -0.05) is 72.3 Å². The Morgan fingerprint density at radius 2 is 1.62 bits per heavy atom. The third-order valence-electron chi connectivity index (χ3n) is 4.20. The highest BCUT2D eigenvalue weighted by molar-refractivity contribution is 6.06. The van der Waals surface area contributed by atoms with Crippen molar-refractivity contribution in [3.63, 3.8) is 0 Å². The maximum Gasteiger partial charge on any atom is 0.343 e. The fourth-order valence-electron chi connectivity index (χ4n) is 2.89. The van der Waals surface area contributed by atoms with E-state index in [0.717, 1.165) is 21.9 Å². The van der Waals surface area contributed by atoms with E-state index in [9.17, 15) is 4.79 Å². The molecule has 0 fully saturated rings. The van der Waals surface area contributed by atoms with Gasteiger partial charge in [-0.25, -0.2) is 4.79 Å². The lowest BCUT2D eigenvalue weighted by Crippen LogP contribution is -1.97. The molecule has 116 valence electrons. The highest BCUT2D eigenvalue weighted by Crippen LogP contribution is 2.29. The molecule has 0 saturated heterocycles. The van der Waals surface area contributed by atoms with Gasteiger partial charge in [0.15, 0.2) is 0 Å². The van der Waals surface area contributed by atoms with Crippen molar-refractivity contribution in [2.45, 2.75) is 6.92 Å². The van der Waals surface area contributed by atoms with Gasteiger partial charge in [0, 0.05) is 5.56 Å². The second-order valence-corrected chi connectivity index (χ2v) is 5.93. The van der Waals surface area contributed by atoms with Gasteiger partial charge < -0.3 is 4.74 Å². The summed E-state index contributed by atoms with van der Waals surface area (Å²) in [7, 11) is 0. The van der Waals surface area contributed by atoms with Gasteiger partial charge in [0.1, 0.15) is 5.76 Å². The Morgan fingerprint density at radius 1 is 0.875 bits per heavy atom. The van der Waals surface area contributed by atoms with Crippen LogP contribution in [0.2, 0.25) is 0 Å². The van der Waals surface area contributed by atoms with Gasteiger partial charge in [-0.05, 0) is 35.4 Å². The number of hydrogen-bond acceptors (Lipinski definition) is 2. The lowest BCUT2D eigenvalue weighted by Gasteiger charge is -2.02. The van der Waals surface area contributed by atoms with Crippen molar-refractivity contribution in [2.24, 2.45) is 0 Å². The van der Waals surface area contributed by atoms with Crippen molar-refractivity contribution in [1.82, 2.24) is 0 Å². The van der Waals surface area contributed by atoms with Crippen molar-refractivity contribution in [2.75, 3.05) is 0 Å². The molecule has 1 aliphatic heterocycles. The average Bonchev–Trinajstić information content (AvgIpc) is 2.97. The van der Waals surface area contributed by atoms with E-state index in [1.54, 1.807) is 0 Å². The second-order valence-electron chi connectivity index (χ2n) is 5.93. The third-order valence-corrected chi connectivity index (χ3v) is 4.20. The molecule has 0 bridgehead atoms. The van der Waals surface area contributed by atoms with Crippen LogP contribution in [0.25, 0.3) is 22.6 Å². The Hall–Kier alpha value is -3.13. The van der Waals surface area contributed by atoms with Crippen molar-refractivity contribution in [3.8, 4) is 0 Å². The molecule has 2 nitrogen and oxygen atoms in total. The van der Waals surface area contributed by atoms with Crippen LogP contribution < -0.4 is 0 Å². The van der Waals surface area contributed by atoms with Crippen LogP contribution in [0.3, 0.4) is 0 Å². The van der Waals surface area contributed by atoms with Crippen LogP contribution in [0.5, 0.6) is 0 Å². The largest absolute Gasteiger partial charge is 0.422 e. The van der Waals surface area contributed by atoms with Gasteiger partial charge in [-0.2, -0.15) is 0 Å². The Morgan fingerprint density at radius 3 is 2.46 bits per heavy atom. The van der Waals surface area contributed by atoms with Gasteiger partial charge in [0.25, 0.3) is 0 Å². The summed E-state index contributed by atoms with van der Waals surface area (Å²) in [6, 6.07) is 22.2. The molecule has 0 atom stereocenters. The molecule has 0 unspecified atom stereocenters. The Kier molecular flexibility index (Phi) is 3.51. The minimum absolute atomic E-state index is 0.307. The topological polar surface area (TPSA) is 26.3 Å². The minimum atomic E-state index is -0.307. The molecule has 0 radical (unpaired) electrons. The average molecular weight is 312 g/mol. The summed E-state index contributed by atoms with van der Waals surface area (Å²) in [6.45, 7) is 2.03. The molecule has 24 heavy (non-hydrogen) atoms. The van der Waals surface area contributed by atoms with Gasteiger partial charge in [-0.15, -0.1) is 0 Å². The molecule has 0 amide bonds. The van der Waals surface area contributed by atoms with E-state index in [4.69, 9.17) is 4.74 Å². The number of fused-ring (bicyclic) bond motifs is 1. The summed E-state index contributed by atoms with van der Waals surface area (Å²) in [5, 5.41) is 2.28. The molecule has 2 heteroatoms. The van der Waals surface area contributed by atoms with Crippen molar-refractivity contribution in [3.05, 3.63) is 95.1 Å². The van der Waals surface area contributed by atoms with Crippen LogP contribution in [0.4, 0.5) is 0 Å². The van der Waals surface area contributed by atoms with Crippen LogP contribution in [0.15, 0.2) is 78.4 Å². The first-order chi connectivity index (χ1) is 11.7. The molecule has 0 spiro atoms. The standard InChI is InChI=1S/C22H16O2/c1-15-9-11-17(12-10-15)21-14-19(22(23)24-21)13-18-7-4-6-16-5-2-3-8-20(16)18/h2-14H,1H3/b19-13-. The monoisotopic (exact) mass is 312 g/mol. The van der Waals surface area contributed by atoms with Gasteiger partial charge in [0.05, 0.1) is 5.57 Å². The zero-order valence-electron chi connectivity index (χ0n) is 13.3. The predicted molar refractivity (Wildman–Crippen MR) is 97.2 cm³/mol. The van der Waals surface area contributed by atoms with Gasteiger partial charge >= 0.3 is 5.97 Å². The number of aryl methyl sites for hydroxylation is 1. The molecule has 3 aromatic rings. The molecular formula is C22H16O2. The molecule has 1 aliphatic rings.